The van der Waals surface area contributed by atoms with Crippen LogP contribution in [0.25, 0.3) is 10.9 Å². The number of carbonyl (C=O) groups is 1. The number of anilines is 1. The van der Waals surface area contributed by atoms with Crippen molar-refractivity contribution in [3.63, 3.8) is 0 Å². The van der Waals surface area contributed by atoms with E-state index in [0.717, 1.165) is 0 Å². The lowest BCUT2D eigenvalue weighted by molar-refractivity contribution is -0.136. The maximum atomic E-state index is 13.5. The van der Waals surface area contributed by atoms with E-state index in [-0.39, 0.29) is 24.3 Å². The van der Waals surface area contributed by atoms with Gasteiger partial charge in [-0.2, -0.15) is 0 Å². The van der Waals surface area contributed by atoms with Crippen molar-refractivity contribution < 1.29 is 14.3 Å². The minimum absolute atomic E-state index is 0.0528. The Morgan fingerprint density at radius 1 is 1.41 bits per heavy atom. The third-order valence-corrected chi connectivity index (χ3v) is 2.35. The van der Waals surface area contributed by atoms with Crippen LogP contribution < -0.4 is 5.73 Å². The summed E-state index contributed by atoms with van der Waals surface area (Å²) in [5.41, 5.74) is 6.04. The Hall–Kier alpha value is -2.24. The van der Waals surface area contributed by atoms with Gasteiger partial charge in [-0.05, 0) is 6.07 Å². The highest BCUT2D eigenvalue weighted by atomic mass is 19.1. The van der Waals surface area contributed by atoms with Gasteiger partial charge in [0.2, 0.25) is 5.95 Å². The number of aryl methyl sites for hydroxylation is 1. The number of benzene rings is 1. The molecule has 1 aromatic heterocycles. The van der Waals surface area contributed by atoms with Gasteiger partial charge in [0.1, 0.15) is 11.3 Å². The molecule has 0 fully saturated rings. The SMILES string of the molecule is Nc1nc(CCC(=O)O)c2cccc(F)c2n1. The first-order chi connectivity index (χ1) is 8.08. The Kier molecular flexibility index (Phi) is 2.86. The minimum Gasteiger partial charge on any atom is -0.481 e. The third kappa shape index (κ3) is 2.30. The van der Waals surface area contributed by atoms with E-state index in [4.69, 9.17) is 10.8 Å². The number of carboxylic acids is 1. The van der Waals surface area contributed by atoms with Crippen molar-refractivity contribution in [2.24, 2.45) is 0 Å². The summed E-state index contributed by atoms with van der Waals surface area (Å²) in [6.45, 7) is 0. The van der Waals surface area contributed by atoms with E-state index in [1.807, 2.05) is 0 Å². The van der Waals surface area contributed by atoms with Gasteiger partial charge in [-0.15, -0.1) is 0 Å². The Labute approximate surface area is 96.1 Å². The number of aromatic nitrogens is 2. The highest BCUT2D eigenvalue weighted by molar-refractivity contribution is 5.82. The zero-order valence-electron chi connectivity index (χ0n) is 8.85. The van der Waals surface area contributed by atoms with Gasteiger partial charge in [0.15, 0.2) is 0 Å². The van der Waals surface area contributed by atoms with Gasteiger partial charge in [-0.3, -0.25) is 4.79 Å². The molecule has 6 heteroatoms. The molecule has 0 radical (unpaired) electrons. The lowest BCUT2D eigenvalue weighted by Crippen LogP contribution is -2.04. The monoisotopic (exact) mass is 235 g/mol. The summed E-state index contributed by atoms with van der Waals surface area (Å²) in [7, 11) is 0. The lowest BCUT2D eigenvalue weighted by Gasteiger charge is -2.05. The molecule has 0 aliphatic heterocycles. The van der Waals surface area contributed by atoms with Crippen LogP contribution in [-0.2, 0) is 11.2 Å². The maximum absolute atomic E-state index is 13.5. The zero-order valence-corrected chi connectivity index (χ0v) is 8.85. The fourth-order valence-corrected chi connectivity index (χ4v) is 1.62. The molecule has 2 aromatic rings. The van der Waals surface area contributed by atoms with Crippen LogP contribution in [0.5, 0.6) is 0 Å². The molecule has 3 N–H and O–H groups in total. The van der Waals surface area contributed by atoms with Crippen LogP contribution in [0.4, 0.5) is 10.3 Å². The Balaban J connectivity index is 2.54. The number of hydrogen-bond acceptors (Lipinski definition) is 4. The van der Waals surface area contributed by atoms with E-state index in [2.05, 4.69) is 9.97 Å². The number of nitrogens with zero attached hydrogens (tertiary/aromatic N) is 2. The fourth-order valence-electron chi connectivity index (χ4n) is 1.62. The van der Waals surface area contributed by atoms with Crippen LogP contribution in [-0.4, -0.2) is 21.0 Å². The summed E-state index contributed by atoms with van der Waals surface area (Å²) in [5.74, 6) is -1.48. The first-order valence-electron chi connectivity index (χ1n) is 5.00. The second-order valence-corrected chi connectivity index (χ2v) is 3.56. The van der Waals surface area contributed by atoms with E-state index in [1.165, 1.54) is 12.1 Å². The molecule has 0 saturated carbocycles. The summed E-state index contributed by atoms with van der Waals surface area (Å²) in [5, 5.41) is 9.12. The summed E-state index contributed by atoms with van der Waals surface area (Å²) in [6.07, 6.45) is 0.115. The molecule has 0 bridgehead atoms. The van der Waals surface area contributed by atoms with Crippen LogP contribution in [0.15, 0.2) is 18.2 Å². The molecule has 0 aliphatic rings. The molecule has 2 rings (SSSR count). The molecule has 0 spiro atoms. The molecule has 17 heavy (non-hydrogen) atoms. The van der Waals surface area contributed by atoms with Crippen molar-refractivity contribution >= 4 is 22.8 Å². The molecular weight excluding hydrogens is 225 g/mol. The first-order valence-corrected chi connectivity index (χ1v) is 5.00. The Morgan fingerprint density at radius 3 is 2.88 bits per heavy atom. The molecule has 0 unspecified atom stereocenters. The van der Waals surface area contributed by atoms with E-state index < -0.39 is 11.8 Å². The summed E-state index contributed by atoms with van der Waals surface area (Å²) < 4.78 is 13.5. The van der Waals surface area contributed by atoms with Gasteiger partial charge in [0, 0.05) is 11.8 Å². The number of aliphatic carboxylic acids is 1. The summed E-state index contributed by atoms with van der Waals surface area (Å²) in [4.78, 5) is 18.3. The van der Waals surface area contributed by atoms with Crippen molar-refractivity contribution in [3.05, 3.63) is 29.7 Å². The molecular formula is C11H10FN3O2. The molecule has 88 valence electrons. The average molecular weight is 235 g/mol. The van der Waals surface area contributed by atoms with E-state index >= 15 is 0 Å². The molecule has 0 atom stereocenters. The number of halogens is 1. The van der Waals surface area contributed by atoms with E-state index in [0.29, 0.717) is 11.1 Å². The minimum atomic E-state index is -0.938. The van der Waals surface area contributed by atoms with Crippen LogP contribution >= 0.6 is 0 Å². The van der Waals surface area contributed by atoms with Crippen molar-refractivity contribution in [1.29, 1.82) is 0 Å². The normalized spacial score (nSPS) is 10.6. The third-order valence-electron chi connectivity index (χ3n) is 2.35. The first kappa shape index (κ1) is 11.3. The summed E-state index contributed by atoms with van der Waals surface area (Å²) in [6, 6.07) is 4.45. The number of para-hydroxylation sites is 1. The van der Waals surface area contributed by atoms with Crippen LogP contribution in [0.3, 0.4) is 0 Å². The highest BCUT2D eigenvalue weighted by Gasteiger charge is 2.10. The van der Waals surface area contributed by atoms with Crippen molar-refractivity contribution in [2.75, 3.05) is 5.73 Å². The number of carboxylic acid groups (broad SMARTS) is 1. The zero-order chi connectivity index (χ0) is 12.4. The van der Waals surface area contributed by atoms with Gasteiger partial charge in [0.05, 0.1) is 12.1 Å². The molecule has 0 aliphatic carbocycles. The largest absolute Gasteiger partial charge is 0.481 e. The molecule has 1 heterocycles. The van der Waals surface area contributed by atoms with E-state index in [9.17, 15) is 9.18 Å². The Bertz CT molecular complexity index is 586. The fraction of sp³-hybridized carbons (Fsp3) is 0.182. The number of nitrogen functional groups attached to an aromatic ring is 1. The van der Waals surface area contributed by atoms with Gasteiger partial charge in [-0.25, -0.2) is 14.4 Å². The van der Waals surface area contributed by atoms with Crippen molar-refractivity contribution in [1.82, 2.24) is 9.97 Å². The van der Waals surface area contributed by atoms with Crippen molar-refractivity contribution in [2.45, 2.75) is 12.8 Å². The topological polar surface area (TPSA) is 89.1 Å². The number of nitrogens with two attached hydrogens (primary N) is 1. The highest BCUT2D eigenvalue weighted by Crippen LogP contribution is 2.20. The van der Waals surface area contributed by atoms with Gasteiger partial charge >= 0.3 is 5.97 Å². The lowest BCUT2D eigenvalue weighted by atomic mass is 10.1. The average Bonchev–Trinajstić information content (AvgIpc) is 2.27. The predicted molar refractivity (Wildman–Crippen MR) is 59.9 cm³/mol. The van der Waals surface area contributed by atoms with Gasteiger partial charge < -0.3 is 10.8 Å². The van der Waals surface area contributed by atoms with Gasteiger partial charge in [-0.1, -0.05) is 12.1 Å². The number of rotatable bonds is 3. The number of hydrogen-bond donors (Lipinski definition) is 2. The molecule has 5 nitrogen and oxygen atoms in total. The molecule has 0 saturated heterocycles. The smallest absolute Gasteiger partial charge is 0.303 e. The maximum Gasteiger partial charge on any atom is 0.303 e. The number of fused-ring (bicyclic) bond motifs is 1. The molecule has 0 amide bonds. The second-order valence-electron chi connectivity index (χ2n) is 3.56. The quantitative estimate of drug-likeness (QED) is 0.838. The van der Waals surface area contributed by atoms with Crippen LogP contribution in [0.1, 0.15) is 12.1 Å². The van der Waals surface area contributed by atoms with Crippen LogP contribution in [0, 0.1) is 5.82 Å². The standard InChI is InChI=1S/C11H10FN3O2/c12-7-3-1-2-6-8(4-5-9(16)17)14-11(13)15-10(6)7/h1-3H,4-5H2,(H,16,17)(H2,13,14,15). The summed E-state index contributed by atoms with van der Waals surface area (Å²) >= 11 is 0. The molecule has 1 aromatic carbocycles. The predicted octanol–water partition coefficient (Wildman–Crippen LogP) is 1.37. The van der Waals surface area contributed by atoms with E-state index in [1.54, 1.807) is 6.07 Å². The van der Waals surface area contributed by atoms with Gasteiger partial charge in [0.25, 0.3) is 0 Å². The Morgan fingerprint density at radius 2 is 2.18 bits per heavy atom. The van der Waals surface area contributed by atoms with Crippen LogP contribution in [0.2, 0.25) is 0 Å². The second kappa shape index (κ2) is 4.32. The van der Waals surface area contributed by atoms with Crippen molar-refractivity contribution in [3.8, 4) is 0 Å².